The second kappa shape index (κ2) is 8.59. The molecule has 7 heteroatoms. The molecule has 0 radical (unpaired) electrons. The lowest BCUT2D eigenvalue weighted by Crippen LogP contribution is -2.20. The third-order valence-corrected chi connectivity index (χ3v) is 6.21. The minimum atomic E-state index is -0.0632. The highest BCUT2D eigenvalue weighted by molar-refractivity contribution is 7.97. The average Bonchev–Trinajstić information content (AvgIpc) is 3.36. The van der Waals surface area contributed by atoms with Gasteiger partial charge in [-0.15, -0.1) is 0 Å². The molecule has 1 aliphatic heterocycles. The number of nitrogens with zero attached hydrogens (tertiary/aromatic N) is 4. The van der Waals surface area contributed by atoms with Crippen LogP contribution in [-0.2, 0) is 30.1 Å². The first-order valence-electron chi connectivity index (χ1n) is 10.6. The van der Waals surface area contributed by atoms with E-state index in [9.17, 15) is 4.79 Å². The van der Waals surface area contributed by atoms with Gasteiger partial charge >= 0.3 is 0 Å². The van der Waals surface area contributed by atoms with Crippen LogP contribution in [0.1, 0.15) is 24.5 Å². The van der Waals surface area contributed by atoms with Crippen molar-refractivity contribution in [1.82, 2.24) is 19.1 Å². The third kappa shape index (κ3) is 4.10. The van der Waals surface area contributed by atoms with E-state index >= 15 is 0 Å². The van der Waals surface area contributed by atoms with Crippen molar-refractivity contribution in [3.63, 3.8) is 0 Å². The number of aromatic nitrogens is 4. The molecule has 1 amide bonds. The minimum absolute atomic E-state index is 0.0632. The lowest BCUT2D eigenvalue weighted by atomic mass is 10.1. The number of fused-ring (bicyclic) bond motifs is 2. The first kappa shape index (κ1) is 19.9. The summed E-state index contributed by atoms with van der Waals surface area (Å²) in [6.45, 7) is 1.27. The van der Waals surface area contributed by atoms with Crippen molar-refractivity contribution in [2.24, 2.45) is 0 Å². The Bertz CT molecular complexity index is 1220. The number of para-hydroxylation sites is 2. The van der Waals surface area contributed by atoms with Gasteiger partial charge in [0.25, 0.3) is 0 Å². The molecule has 2 aromatic heterocycles. The largest absolute Gasteiger partial charge is 0.334 e. The number of hydrogen-bond donors (Lipinski definition) is 1. The first-order valence-corrected chi connectivity index (χ1v) is 12.0. The average molecular weight is 432 g/mol. The maximum absolute atomic E-state index is 12.9. The number of carbonyl (C=O) groups is 1. The van der Waals surface area contributed by atoms with E-state index in [4.69, 9.17) is 9.97 Å². The van der Waals surface area contributed by atoms with Crippen LogP contribution < -0.4 is 5.32 Å². The van der Waals surface area contributed by atoms with E-state index in [0.29, 0.717) is 0 Å². The van der Waals surface area contributed by atoms with Crippen LogP contribution in [0.25, 0.3) is 22.3 Å². The number of amides is 1. The van der Waals surface area contributed by atoms with Gasteiger partial charge < -0.3 is 14.5 Å². The van der Waals surface area contributed by atoms with Crippen molar-refractivity contribution < 1.29 is 4.79 Å². The van der Waals surface area contributed by atoms with E-state index < -0.39 is 0 Å². The fraction of sp³-hybridized carbons (Fsp3) is 0.292. The molecule has 6 nitrogen and oxygen atoms in total. The van der Waals surface area contributed by atoms with E-state index in [1.807, 2.05) is 59.4 Å². The zero-order valence-corrected chi connectivity index (χ0v) is 18.4. The molecule has 0 unspecified atom stereocenters. The monoisotopic (exact) mass is 431 g/mol. The topological polar surface area (TPSA) is 64.7 Å². The molecule has 0 saturated heterocycles. The number of anilines is 1. The highest BCUT2D eigenvalue weighted by atomic mass is 32.2. The highest BCUT2D eigenvalue weighted by Crippen LogP contribution is 2.25. The van der Waals surface area contributed by atoms with Crippen LogP contribution >= 0.6 is 11.8 Å². The Morgan fingerprint density at radius 1 is 1.13 bits per heavy atom. The molecule has 5 rings (SSSR count). The fourth-order valence-corrected chi connectivity index (χ4v) is 4.67. The highest BCUT2D eigenvalue weighted by Gasteiger charge is 2.15. The number of imidazole rings is 2. The molecule has 0 aliphatic carbocycles. The SMILES string of the molecule is CSCc1nc2ccccc2n1CC(=O)Nc1cccc(-c2cn3c(n2)CCCC3)c1. The van der Waals surface area contributed by atoms with Crippen molar-refractivity contribution in [3.8, 4) is 11.3 Å². The summed E-state index contributed by atoms with van der Waals surface area (Å²) in [7, 11) is 0. The molecule has 0 bridgehead atoms. The van der Waals surface area contributed by atoms with E-state index in [1.165, 1.54) is 12.8 Å². The quantitative estimate of drug-likeness (QED) is 0.479. The summed E-state index contributed by atoms with van der Waals surface area (Å²) in [4.78, 5) is 22.4. The lowest BCUT2D eigenvalue weighted by molar-refractivity contribution is -0.116. The number of carbonyl (C=O) groups excluding carboxylic acids is 1. The minimum Gasteiger partial charge on any atom is -0.334 e. The standard InChI is InChI=1S/C24H25N5OS/c1-31-16-23-26-19-9-2-3-10-21(19)29(23)15-24(30)25-18-8-6-7-17(13-18)20-14-28-12-5-4-11-22(28)27-20/h2-3,6-10,13-14H,4-5,11-12,15-16H2,1H3,(H,25,30). The zero-order chi connectivity index (χ0) is 21.2. The second-order valence-corrected chi connectivity index (χ2v) is 8.72. The maximum atomic E-state index is 12.9. The number of thioether (sulfide) groups is 1. The normalized spacial score (nSPS) is 13.3. The van der Waals surface area contributed by atoms with Crippen molar-refractivity contribution in [2.75, 3.05) is 11.6 Å². The number of benzene rings is 2. The first-order chi connectivity index (χ1) is 15.2. The number of aryl methyl sites for hydroxylation is 2. The van der Waals surface area contributed by atoms with Crippen molar-refractivity contribution in [3.05, 3.63) is 66.4 Å². The summed E-state index contributed by atoms with van der Waals surface area (Å²) in [6.07, 6.45) is 7.62. The van der Waals surface area contributed by atoms with Crippen molar-refractivity contribution in [2.45, 2.75) is 38.1 Å². The summed E-state index contributed by atoms with van der Waals surface area (Å²) in [5.74, 6) is 2.78. The van der Waals surface area contributed by atoms with Gasteiger partial charge in [-0.3, -0.25) is 4.79 Å². The summed E-state index contributed by atoms with van der Waals surface area (Å²) < 4.78 is 4.26. The lowest BCUT2D eigenvalue weighted by Gasteiger charge is -2.11. The molecule has 1 N–H and O–H groups in total. The molecule has 0 atom stereocenters. The van der Waals surface area contributed by atoms with Crippen LogP contribution in [0.15, 0.2) is 54.7 Å². The molecule has 0 spiro atoms. The predicted molar refractivity (Wildman–Crippen MR) is 126 cm³/mol. The van der Waals surface area contributed by atoms with E-state index in [-0.39, 0.29) is 12.5 Å². The van der Waals surface area contributed by atoms with Crippen LogP contribution in [0.3, 0.4) is 0 Å². The van der Waals surface area contributed by atoms with Gasteiger partial charge in [0, 0.05) is 30.4 Å². The Morgan fingerprint density at radius 3 is 2.90 bits per heavy atom. The summed E-state index contributed by atoms with van der Waals surface area (Å²) >= 11 is 1.70. The molecule has 2 aromatic carbocycles. The molecule has 4 aromatic rings. The van der Waals surface area contributed by atoms with Gasteiger partial charge in [0.05, 0.1) is 22.5 Å². The number of nitrogens with one attached hydrogen (secondary N) is 1. The number of hydrogen-bond acceptors (Lipinski definition) is 4. The van der Waals surface area contributed by atoms with Crippen LogP contribution in [0.5, 0.6) is 0 Å². The van der Waals surface area contributed by atoms with E-state index in [1.54, 1.807) is 11.8 Å². The summed E-state index contributed by atoms with van der Waals surface area (Å²) in [6, 6.07) is 15.9. The van der Waals surface area contributed by atoms with Gasteiger partial charge in [0.1, 0.15) is 18.2 Å². The smallest absolute Gasteiger partial charge is 0.244 e. The Labute approximate surface area is 185 Å². The Morgan fingerprint density at radius 2 is 2.03 bits per heavy atom. The predicted octanol–water partition coefficient (Wildman–Crippen LogP) is 4.74. The fourth-order valence-electron chi connectivity index (χ4n) is 4.19. The van der Waals surface area contributed by atoms with Gasteiger partial charge in [0.15, 0.2) is 0 Å². The van der Waals surface area contributed by atoms with Gasteiger partial charge in [0.2, 0.25) is 5.91 Å². The Kier molecular flexibility index (Phi) is 5.51. The molecule has 31 heavy (non-hydrogen) atoms. The van der Waals surface area contributed by atoms with Gasteiger partial charge in [-0.1, -0.05) is 24.3 Å². The molecule has 0 fully saturated rings. The van der Waals surface area contributed by atoms with Gasteiger partial charge in [-0.2, -0.15) is 11.8 Å². The van der Waals surface area contributed by atoms with Crippen molar-refractivity contribution >= 4 is 34.4 Å². The van der Waals surface area contributed by atoms with Crippen LogP contribution in [-0.4, -0.2) is 31.3 Å². The van der Waals surface area contributed by atoms with Crippen LogP contribution in [0.4, 0.5) is 5.69 Å². The molecular weight excluding hydrogens is 406 g/mol. The second-order valence-electron chi connectivity index (χ2n) is 7.86. The van der Waals surface area contributed by atoms with E-state index in [0.717, 1.165) is 58.3 Å². The Balaban J connectivity index is 1.36. The zero-order valence-electron chi connectivity index (χ0n) is 17.5. The van der Waals surface area contributed by atoms with Gasteiger partial charge in [-0.25, -0.2) is 9.97 Å². The molecule has 158 valence electrons. The molecular formula is C24H25N5OS. The molecule has 3 heterocycles. The Hall–Kier alpha value is -3.06. The maximum Gasteiger partial charge on any atom is 0.244 e. The van der Waals surface area contributed by atoms with Crippen LogP contribution in [0, 0.1) is 0 Å². The number of rotatable bonds is 6. The summed E-state index contributed by atoms with van der Waals surface area (Å²) in [5.41, 5.74) is 4.68. The van der Waals surface area contributed by atoms with Gasteiger partial charge in [-0.05, 0) is 43.4 Å². The summed E-state index contributed by atoms with van der Waals surface area (Å²) in [5, 5.41) is 3.06. The van der Waals surface area contributed by atoms with Crippen LogP contribution in [0.2, 0.25) is 0 Å². The van der Waals surface area contributed by atoms with Crippen molar-refractivity contribution in [1.29, 1.82) is 0 Å². The molecule has 1 aliphatic rings. The van der Waals surface area contributed by atoms with E-state index in [2.05, 4.69) is 16.1 Å². The molecule has 0 saturated carbocycles. The third-order valence-electron chi connectivity index (χ3n) is 5.66.